The van der Waals surface area contributed by atoms with Crippen LogP contribution in [0.3, 0.4) is 0 Å². The summed E-state index contributed by atoms with van der Waals surface area (Å²) in [7, 11) is 2.34. The molecule has 6 heteroatoms. The topological polar surface area (TPSA) is 31.2 Å². The quantitative estimate of drug-likeness (QED) is 0.707. The molecule has 1 saturated heterocycles. The maximum absolute atomic E-state index is 5.31. The van der Waals surface area contributed by atoms with E-state index in [1.54, 1.807) is 0 Å². The molecule has 19 heavy (non-hydrogen) atoms. The molecule has 0 aromatic rings. The first-order chi connectivity index (χ1) is 8.75. The maximum atomic E-state index is 5.31. The van der Waals surface area contributed by atoms with Crippen molar-refractivity contribution in [2.45, 2.75) is 46.6 Å². The molecule has 0 N–H and O–H groups in total. The predicted molar refractivity (Wildman–Crippen MR) is 89.4 cm³/mol. The van der Waals surface area contributed by atoms with Crippen molar-refractivity contribution >= 4 is 15.2 Å². The van der Waals surface area contributed by atoms with Crippen molar-refractivity contribution < 1.29 is 0 Å². The van der Waals surface area contributed by atoms with E-state index in [1.165, 1.54) is 18.7 Å². The highest BCUT2D eigenvalue weighted by Crippen LogP contribution is 2.63. The first-order valence-electron chi connectivity index (χ1n) is 7.30. The van der Waals surface area contributed by atoms with E-state index in [2.05, 4.69) is 58.1 Å². The standard InChI is InChI=1S/C13H31N4P2/c1-8-18(9-2)15-19(14-13(3,4)5)16(6)11-10-12-17(19)7/h8-12H2,1-7H3/q+1. The molecule has 0 aliphatic carbocycles. The molecular formula is C13H31N4P2+. The van der Waals surface area contributed by atoms with Crippen LogP contribution in [0, 0.1) is 0 Å². The Bertz CT molecular complexity index is 365. The lowest BCUT2D eigenvalue weighted by atomic mass is 10.1. The van der Waals surface area contributed by atoms with E-state index in [-0.39, 0.29) is 13.3 Å². The first-order valence-corrected chi connectivity index (χ1v) is 10.6. The van der Waals surface area contributed by atoms with Crippen LogP contribution >= 0.6 is 15.2 Å². The maximum Gasteiger partial charge on any atom is 0.254 e. The van der Waals surface area contributed by atoms with Crippen LogP contribution in [0.1, 0.15) is 41.0 Å². The third-order valence-electron chi connectivity index (χ3n) is 3.29. The molecule has 1 fully saturated rings. The average Bonchev–Trinajstić information content (AvgIpc) is 2.31. The van der Waals surface area contributed by atoms with Gasteiger partial charge in [-0.1, -0.05) is 0 Å². The molecule has 0 aromatic heterocycles. The van der Waals surface area contributed by atoms with Gasteiger partial charge in [-0.2, -0.15) is 0 Å². The lowest BCUT2D eigenvalue weighted by Gasteiger charge is -2.40. The molecule has 1 aliphatic rings. The third kappa shape index (κ3) is 4.36. The second-order valence-electron chi connectivity index (χ2n) is 6.15. The van der Waals surface area contributed by atoms with E-state index in [9.17, 15) is 0 Å². The van der Waals surface area contributed by atoms with Crippen LogP contribution < -0.4 is 0 Å². The van der Waals surface area contributed by atoms with Crippen LogP contribution in [0.2, 0.25) is 0 Å². The second kappa shape index (κ2) is 6.80. The van der Waals surface area contributed by atoms with E-state index in [1.807, 2.05) is 0 Å². The normalized spacial score (nSPS) is 21.2. The fourth-order valence-electron chi connectivity index (χ4n) is 2.29. The summed E-state index contributed by atoms with van der Waals surface area (Å²) in [4.78, 5) is 0. The highest BCUT2D eigenvalue weighted by atomic mass is 31.2. The predicted octanol–water partition coefficient (Wildman–Crippen LogP) is 4.70. The Kier molecular flexibility index (Phi) is 6.20. The summed E-state index contributed by atoms with van der Waals surface area (Å²) in [6, 6.07) is 0. The lowest BCUT2D eigenvalue weighted by molar-refractivity contribution is 0.370. The zero-order valence-corrected chi connectivity index (χ0v) is 15.5. The molecule has 4 nitrogen and oxygen atoms in total. The summed E-state index contributed by atoms with van der Waals surface area (Å²) in [5.74, 6) is 0. The van der Waals surface area contributed by atoms with Gasteiger partial charge in [0.05, 0.1) is 5.54 Å². The van der Waals surface area contributed by atoms with E-state index in [4.69, 9.17) is 9.26 Å². The summed E-state index contributed by atoms with van der Waals surface area (Å²) in [6.45, 7) is 13.4. The monoisotopic (exact) mass is 305 g/mol. The first kappa shape index (κ1) is 17.3. The summed E-state index contributed by atoms with van der Waals surface area (Å²) >= 11 is 0. The highest BCUT2D eigenvalue weighted by molar-refractivity contribution is 7.67. The van der Waals surface area contributed by atoms with Crippen molar-refractivity contribution in [2.75, 3.05) is 39.5 Å². The third-order valence-corrected chi connectivity index (χ3v) is 9.82. The molecule has 0 aromatic carbocycles. The molecule has 112 valence electrons. The Morgan fingerprint density at radius 2 is 1.53 bits per heavy atom. The molecule has 0 radical (unpaired) electrons. The van der Waals surface area contributed by atoms with Gasteiger partial charge in [0.15, 0.2) is 0 Å². The Morgan fingerprint density at radius 1 is 1.05 bits per heavy atom. The van der Waals surface area contributed by atoms with Crippen molar-refractivity contribution in [1.29, 1.82) is 0 Å². The van der Waals surface area contributed by atoms with Gasteiger partial charge in [0, 0.05) is 13.1 Å². The van der Waals surface area contributed by atoms with Gasteiger partial charge in [-0.25, -0.2) is 14.1 Å². The van der Waals surface area contributed by atoms with Crippen molar-refractivity contribution in [3.05, 3.63) is 0 Å². The zero-order valence-electron chi connectivity index (χ0n) is 13.7. The molecule has 0 bridgehead atoms. The summed E-state index contributed by atoms with van der Waals surface area (Å²) in [5.41, 5.74) is -0.0282. The second-order valence-corrected chi connectivity index (χ2v) is 11.8. The molecule has 0 unspecified atom stereocenters. The Balaban J connectivity index is 3.40. The fraction of sp³-hybridized carbons (Fsp3) is 1.00. The molecule has 0 spiro atoms. The minimum Gasteiger partial charge on any atom is -0.246 e. The molecule has 1 heterocycles. The van der Waals surface area contributed by atoms with Gasteiger partial charge in [0.1, 0.15) is 12.3 Å². The Hall–Kier alpha value is 0.250. The van der Waals surface area contributed by atoms with Gasteiger partial charge < -0.3 is 0 Å². The molecular weight excluding hydrogens is 274 g/mol. The number of hydrogen-bond acceptors (Lipinski definition) is 1. The summed E-state index contributed by atoms with van der Waals surface area (Å²) < 4.78 is 15.4. The Labute approximate surface area is 120 Å². The molecule has 0 amide bonds. The van der Waals surface area contributed by atoms with Crippen LogP contribution in [0.5, 0.6) is 0 Å². The van der Waals surface area contributed by atoms with E-state index < -0.39 is 7.51 Å². The lowest BCUT2D eigenvalue weighted by Crippen LogP contribution is -2.35. The number of rotatable bonds is 3. The van der Waals surface area contributed by atoms with E-state index in [0.29, 0.717) is 0 Å². The average molecular weight is 305 g/mol. The summed E-state index contributed by atoms with van der Waals surface area (Å²) in [5, 5.41) is 0. The molecule has 0 saturated carbocycles. The van der Waals surface area contributed by atoms with Gasteiger partial charge >= 0.3 is 0 Å². The van der Waals surface area contributed by atoms with Gasteiger partial charge in [-0.05, 0) is 59.7 Å². The van der Waals surface area contributed by atoms with Crippen molar-refractivity contribution in [3.8, 4) is 0 Å². The highest BCUT2D eigenvalue weighted by Gasteiger charge is 2.38. The van der Waals surface area contributed by atoms with Gasteiger partial charge in [0.25, 0.3) is 7.51 Å². The smallest absolute Gasteiger partial charge is 0.246 e. The van der Waals surface area contributed by atoms with Crippen LogP contribution in [-0.4, -0.2) is 54.4 Å². The van der Waals surface area contributed by atoms with Crippen LogP contribution in [-0.2, 0) is 0 Å². The van der Waals surface area contributed by atoms with E-state index >= 15 is 0 Å². The number of nitrogens with zero attached hydrogens (tertiary/aromatic N) is 4. The number of hydrogen-bond donors (Lipinski definition) is 0. The van der Waals surface area contributed by atoms with Gasteiger partial charge in [-0.15, -0.1) is 0 Å². The van der Waals surface area contributed by atoms with Crippen LogP contribution in [0.25, 0.3) is 0 Å². The van der Waals surface area contributed by atoms with Crippen LogP contribution in [0.4, 0.5) is 0 Å². The van der Waals surface area contributed by atoms with Crippen molar-refractivity contribution in [1.82, 2.24) is 9.34 Å². The van der Waals surface area contributed by atoms with E-state index in [0.717, 1.165) is 13.1 Å². The molecule has 1 rings (SSSR count). The van der Waals surface area contributed by atoms with Crippen molar-refractivity contribution in [3.63, 3.8) is 0 Å². The van der Waals surface area contributed by atoms with Crippen LogP contribution in [0.15, 0.2) is 9.26 Å². The van der Waals surface area contributed by atoms with Gasteiger partial charge in [0.2, 0.25) is 7.71 Å². The molecule has 1 aliphatic heterocycles. The Morgan fingerprint density at radius 3 is 1.89 bits per heavy atom. The zero-order chi connectivity index (χ0) is 14.7. The minimum atomic E-state index is -1.84. The molecule has 0 atom stereocenters. The summed E-state index contributed by atoms with van der Waals surface area (Å²) in [6.07, 6.45) is 3.57. The minimum absolute atomic E-state index is 0.0282. The van der Waals surface area contributed by atoms with Gasteiger partial charge in [-0.3, -0.25) is 0 Å². The SMILES string of the molecule is CC[P+](CC)=NP1(=NC(C)(C)C)N(C)CCCN1C. The largest absolute Gasteiger partial charge is 0.254 e. The van der Waals surface area contributed by atoms with Crippen molar-refractivity contribution in [2.24, 2.45) is 9.26 Å². The fourth-order valence-corrected chi connectivity index (χ4v) is 8.81.